The van der Waals surface area contributed by atoms with Crippen molar-refractivity contribution >= 4 is 11.6 Å². The van der Waals surface area contributed by atoms with E-state index in [9.17, 15) is 4.79 Å². The van der Waals surface area contributed by atoms with Gasteiger partial charge in [0, 0.05) is 12.3 Å². The Balaban J connectivity index is 1.89. The predicted octanol–water partition coefficient (Wildman–Crippen LogP) is 2.49. The van der Waals surface area contributed by atoms with Crippen LogP contribution >= 0.6 is 0 Å². The van der Waals surface area contributed by atoms with Crippen LogP contribution in [0, 0.1) is 0 Å². The van der Waals surface area contributed by atoms with E-state index in [0.717, 1.165) is 36.3 Å². The van der Waals surface area contributed by atoms with E-state index in [4.69, 9.17) is 10.5 Å². The van der Waals surface area contributed by atoms with Gasteiger partial charge in [0.25, 0.3) is 0 Å². The minimum atomic E-state index is -0.488. The zero-order chi connectivity index (χ0) is 14.3. The van der Waals surface area contributed by atoms with Crippen LogP contribution in [0.5, 0.6) is 0 Å². The largest absolute Gasteiger partial charge is 0.376 e. The molecule has 3 rings (SSSR count). The van der Waals surface area contributed by atoms with E-state index >= 15 is 0 Å². The average Bonchev–Trinajstić information content (AvgIpc) is 2.69. The lowest BCUT2D eigenvalue weighted by molar-refractivity contribution is -0.119. The second kappa shape index (κ2) is 4.86. The Kier molecular flexibility index (Phi) is 3.30. The molecule has 108 valence electrons. The number of nitrogens with one attached hydrogen (secondary N) is 1. The molecule has 4 nitrogen and oxygen atoms in total. The zero-order valence-electron chi connectivity index (χ0n) is 12.1. The Morgan fingerprint density at radius 1 is 1.40 bits per heavy atom. The van der Waals surface area contributed by atoms with E-state index in [0.29, 0.717) is 0 Å². The van der Waals surface area contributed by atoms with Gasteiger partial charge in [0.15, 0.2) is 0 Å². The van der Waals surface area contributed by atoms with Crippen molar-refractivity contribution in [2.75, 3.05) is 11.9 Å². The van der Waals surface area contributed by atoms with Crippen molar-refractivity contribution in [2.45, 2.75) is 50.7 Å². The highest BCUT2D eigenvalue weighted by Crippen LogP contribution is 2.39. The van der Waals surface area contributed by atoms with Crippen molar-refractivity contribution in [3.05, 3.63) is 29.3 Å². The van der Waals surface area contributed by atoms with Crippen LogP contribution < -0.4 is 11.1 Å². The standard InChI is InChI=1S/C16H22N2O2/c1-16(2)11-9-10(6-7-12(11)18-15(16)19)14(17)13-5-3-4-8-20-13/h6-7,9,13-14H,3-5,8,17H2,1-2H3,(H,18,19). The maximum atomic E-state index is 12.0. The Morgan fingerprint density at radius 3 is 2.90 bits per heavy atom. The molecule has 0 saturated carbocycles. The predicted molar refractivity (Wildman–Crippen MR) is 78.6 cm³/mol. The summed E-state index contributed by atoms with van der Waals surface area (Å²) in [5.74, 6) is 0.0483. The van der Waals surface area contributed by atoms with Gasteiger partial charge >= 0.3 is 0 Å². The maximum Gasteiger partial charge on any atom is 0.234 e. The molecule has 1 aromatic carbocycles. The average molecular weight is 274 g/mol. The molecule has 20 heavy (non-hydrogen) atoms. The highest BCUT2D eigenvalue weighted by Gasteiger charge is 2.38. The van der Waals surface area contributed by atoms with Gasteiger partial charge in [-0.05, 0) is 50.3 Å². The number of benzene rings is 1. The third kappa shape index (κ3) is 2.13. The molecule has 2 heterocycles. The van der Waals surface area contributed by atoms with Crippen LogP contribution in [0.1, 0.15) is 50.3 Å². The van der Waals surface area contributed by atoms with Crippen molar-refractivity contribution < 1.29 is 9.53 Å². The first kappa shape index (κ1) is 13.6. The molecule has 2 unspecified atom stereocenters. The smallest absolute Gasteiger partial charge is 0.234 e. The molecule has 0 radical (unpaired) electrons. The van der Waals surface area contributed by atoms with Crippen molar-refractivity contribution in [2.24, 2.45) is 5.73 Å². The number of carbonyl (C=O) groups excluding carboxylic acids is 1. The molecular weight excluding hydrogens is 252 g/mol. The van der Waals surface area contributed by atoms with Crippen molar-refractivity contribution in [3.8, 4) is 0 Å². The number of carbonyl (C=O) groups is 1. The summed E-state index contributed by atoms with van der Waals surface area (Å²) < 4.78 is 5.78. The summed E-state index contributed by atoms with van der Waals surface area (Å²) in [6.07, 6.45) is 3.40. The highest BCUT2D eigenvalue weighted by atomic mass is 16.5. The summed E-state index contributed by atoms with van der Waals surface area (Å²) in [5.41, 5.74) is 8.86. The number of fused-ring (bicyclic) bond motifs is 1. The second-order valence-corrected chi connectivity index (χ2v) is 6.31. The summed E-state index contributed by atoms with van der Waals surface area (Å²) in [6, 6.07) is 5.91. The van der Waals surface area contributed by atoms with Crippen LogP contribution in [0.4, 0.5) is 5.69 Å². The maximum absolute atomic E-state index is 12.0. The number of ether oxygens (including phenoxy) is 1. The normalized spacial score (nSPS) is 25.9. The lowest BCUT2D eigenvalue weighted by Crippen LogP contribution is -2.32. The molecule has 1 aromatic rings. The molecule has 1 amide bonds. The van der Waals surface area contributed by atoms with Crippen LogP contribution in [0.3, 0.4) is 0 Å². The lowest BCUT2D eigenvalue weighted by Gasteiger charge is -2.28. The van der Waals surface area contributed by atoms with Gasteiger partial charge < -0.3 is 15.8 Å². The third-order valence-corrected chi connectivity index (χ3v) is 4.53. The van der Waals surface area contributed by atoms with Crippen LogP contribution in [-0.2, 0) is 14.9 Å². The van der Waals surface area contributed by atoms with E-state index in [1.165, 1.54) is 6.42 Å². The SMILES string of the molecule is CC1(C)C(=O)Nc2ccc(C(N)C3CCCCO3)cc21. The molecule has 2 atom stereocenters. The quantitative estimate of drug-likeness (QED) is 0.871. The van der Waals surface area contributed by atoms with Crippen molar-refractivity contribution in [1.29, 1.82) is 0 Å². The van der Waals surface area contributed by atoms with Gasteiger partial charge in [-0.3, -0.25) is 4.79 Å². The third-order valence-electron chi connectivity index (χ3n) is 4.53. The highest BCUT2D eigenvalue weighted by molar-refractivity contribution is 6.05. The number of anilines is 1. The molecule has 1 saturated heterocycles. The molecule has 4 heteroatoms. The van der Waals surface area contributed by atoms with Gasteiger partial charge in [-0.15, -0.1) is 0 Å². The van der Waals surface area contributed by atoms with Crippen molar-refractivity contribution in [3.63, 3.8) is 0 Å². The molecule has 2 aliphatic heterocycles. The van der Waals surface area contributed by atoms with Gasteiger partial charge in [-0.25, -0.2) is 0 Å². The summed E-state index contributed by atoms with van der Waals surface area (Å²) in [4.78, 5) is 12.0. The summed E-state index contributed by atoms with van der Waals surface area (Å²) in [6.45, 7) is 4.69. The van der Waals surface area contributed by atoms with E-state index in [2.05, 4.69) is 11.4 Å². The van der Waals surface area contributed by atoms with E-state index in [-0.39, 0.29) is 18.1 Å². The monoisotopic (exact) mass is 274 g/mol. The Labute approximate surface area is 119 Å². The number of nitrogens with two attached hydrogens (primary N) is 1. The van der Waals surface area contributed by atoms with Gasteiger partial charge in [-0.2, -0.15) is 0 Å². The minimum absolute atomic E-state index is 0.0483. The number of hydrogen-bond donors (Lipinski definition) is 2. The van der Waals surface area contributed by atoms with Gasteiger partial charge in [0.1, 0.15) is 0 Å². The number of rotatable bonds is 2. The molecular formula is C16H22N2O2. The lowest BCUT2D eigenvalue weighted by atomic mass is 9.84. The fourth-order valence-electron chi connectivity index (χ4n) is 3.06. The first-order chi connectivity index (χ1) is 9.50. The Hall–Kier alpha value is -1.39. The minimum Gasteiger partial charge on any atom is -0.376 e. The molecule has 2 aliphatic rings. The first-order valence-corrected chi connectivity index (χ1v) is 7.33. The number of hydrogen-bond acceptors (Lipinski definition) is 3. The molecule has 0 aliphatic carbocycles. The van der Waals surface area contributed by atoms with Gasteiger partial charge in [-0.1, -0.05) is 12.1 Å². The fraction of sp³-hybridized carbons (Fsp3) is 0.562. The van der Waals surface area contributed by atoms with E-state index in [1.54, 1.807) is 0 Å². The zero-order valence-corrected chi connectivity index (χ0v) is 12.1. The van der Waals surface area contributed by atoms with E-state index < -0.39 is 5.41 Å². The van der Waals surface area contributed by atoms with Gasteiger partial charge in [0.2, 0.25) is 5.91 Å². The molecule has 0 spiro atoms. The van der Waals surface area contributed by atoms with Crippen LogP contribution in [0.2, 0.25) is 0 Å². The van der Waals surface area contributed by atoms with Crippen molar-refractivity contribution in [1.82, 2.24) is 0 Å². The first-order valence-electron chi connectivity index (χ1n) is 7.33. The molecule has 3 N–H and O–H groups in total. The Bertz CT molecular complexity index is 533. The molecule has 0 aromatic heterocycles. The van der Waals surface area contributed by atoms with Crippen LogP contribution in [0.15, 0.2) is 18.2 Å². The topological polar surface area (TPSA) is 64.4 Å². The van der Waals surface area contributed by atoms with Crippen LogP contribution in [-0.4, -0.2) is 18.6 Å². The summed E-state index contributed by atoms with van der Waals surface area (Å²) in [7, 11) is 0. The summed E-state index contributed by atoms with van der Waals surface area (Å²) >= 11 is 0. The second-order valence-electron chi connectivity index (χ2n) is 6.31. The van der Waals surface area contributed by atoms with Gasteiger partial charge in [0.05, 0.1) is 17.6 Å². The molecule has 0 bridgehead atoms. The Morgan fingerprint density at radius 2 is 2.20 bits per heavy atom. The molecule has 1 fully saturated rings. The fourth-order valence-corrected chi connectivity index (χ4v) is 3.06. The van der Waals surface area contributed by atoms with Crippen LogP contribution in [0.25, 0.3) is 0 Å². The number of amides is 1. The summed E-state index contributed by atoms with van der Waals surface area (Å²) in [5, 5.41) is 2.92. The van der Waals surface area contributed by atoms with E-state index in [1.807, 2.05) is 26.0 Å².